The van der Waals surface area contributed by atoms with Gasteiger partial charge in [-0.3, -0.25) is 9.59 Å². The predicted octanol–water partition coefficient (Wildman–Crippen LogP) is 1.24. The van der Waals surface area contributed by atoms with Gasteiger partial charge in [0.05, 0.1) is 0 Å². The molecule has 156 valence electrons. The van der Waals surface area contributed by atoms with Crippen LogP contribution in [0.1, 0.15) is 23.7 Å². The number of hydrogen-bond donors (Lipinski definition) is 0. The van der Waals surface area contributed by atoms with E-state index in [1.807, 2.05) is 25.1 Å². The van der Waals surface area contributed by atoms with E-state index < -0.39 is 5.97 Å². The standard InChI is InChI=1S/C21H24N6O3/c1-15-18(12-17-6-4-3-5-7-17)20(27-21(24-15)22-14-23-27)26-10-8-25(9-11-26)19(29)13-30-16(2)28/h3-7,14H,8-13H2,1-2H3. The van der Waals surface area contributed by atoms with E-state index in [1.54, 1.807) is 9.42 Å². The summed E-state index contributed by atoms with van der Waals surface area (Å²) in [6.07, 6.45) is 2.24. The van der Waals surface area contributed by atoms with E-state index in [2.05, 4.69) is 32.1 Å². The molecule has 0 spiro atoms. The maximum Gasteiger partial charge on any atom is 0.303 e. The van der Waals surface area contributed by atoms with Crippen molar-refractivity contribution in [2.24, 2.45) is 0 Å². The SMILES string of the molecule is CC(=O)OCC(=O)N1CCN(c2c(Cc3ccccc3)c(C)nc3ncnn23)CC1. The number of benzene rings is 1. The Kier molecular flexibility index (Phi) is 5.60. The Morgan fingerprint density at radius 3 is 2.53 bits per heavy atom. The predicted molar refractivity (Wildman–Crippen MR) is 110 cm³/mol. The van der Waals surface area contributed by atoms with E-state index in [1.165, 1.54) is 18.8 Å². The number of anilines is 1. The first kappa shape index (κ1) is 19.8. The highest BCUT2D eigenvalue weighted by atomic mass is 16.5. The molecule has 2 aromatic heterocycles. The number of aryl methyl sites for hydroxylation is 1. The van der Waals surface area contributed by atoms with Crippen molar-refractivity contribution in [3.63, 3.8) is 0 Å². The number of nitrogens with zero attached hydrogens (tertiary/aromatic N) is 6. The topological polar surface area (TPSA) is 92.9 Å². The molecular formula is C21H24N6O3. The lowest BCUT2D eigenvalue weighted by atomic mass is 10.0. The molecule has 0 N–H and O–H groups in total. The van der Waals surface area contributed by atoms with E-state index in [9.17, 15) is 9.59 Å². The molecule has 1 aliphatic heterocycles. The van der Waals surface area contributed by atoms with Crippen molar-refractivity contribution in [2.45, 2.75) is 20.3 Å². The normalized spacial score (nSPS) is 14.2. The molecule has 3 heterocycles. The van der Waals surface area contributed by atoms with E-state index >= 15 is 0 Å². The first-order valence-electron chi connectivity index (χ1n) is 9.92. The van der Waals surface area contributed by atoms with Crippen molar-refractivity contribution < 1.29 is 14.3 Å². The maximum absolute atomic E-state index is 12.3. The second-order valence-electron chi connectivity index (χ2n) is 7.28. The van der Waals surface area contributed by atoms with Gasteiger partial charge in [0, 0.05) is 50.8 Å². The number of piperazine rings is 1. The molecule has 0 aliphatic carbocycles. The summed E-state index contributed by atoms with van der Waals surface area (Å²) in [5.74, 6) is 0.901. The Hall–Kier alpha value is -3.49. The molecule has 1 fully saturated rings. The molecule has 1 aromatic carbocycles. The summed E-state index contributed by atoms with van der Waals surface area (Å²) in [6, 6.07) is 10.3. The molecule has 0 atom stereocenters. The minimum Gasteiger partial charge on any atom is -0.456 e. The van der Waals surface area contributed by atoms with Crippen LogP contribution in [-0.2, 0) is 20.7 Å². The van der Waals surface area contributed by atoms with Gasteiger partial charge in [-0.15, -0.1) is 0 Å². The van der Waals surface area contributed by atoms with Gasteiger partial charge in [-0.05, 0) is 12.5 Å². The fraction of sp³-hybridized carbons (Fsp3) is 0.381. The number of rotatable bonds is 5. The highest BCUT2D eigenvalue weighted by Gasteiger charge is 2.26. The molecule has 9 nitrogen and oxygen atoms in total. The quantitative estimate of drug-likeness (QED) is 0.586. The molecule has 1 saturated heterocycles. The first-order valence-corrected chi connectivity index (χ1v) is 9.92. The summed E-state index contributed by atoms with van der Waals surface area (Å²) in [4.78, 5) is 36.1. The minimum absolute atomic E-state index is 0.175. The number of carbonyl (C=O) groups excluding carboxylic acids is 2. The molecule has 0 radical (unpaired) electrons. The van der Waals surface area contributed by atoms with Crippen LogP contribution < -0.4 is 4.90 Å². The molecular weight excluding hydrogens is 384 g/mol. The van der Waals surface area contributed by atoms with Crippen molar-refractivity contribution in [3.8, 4) is 0 Å². The van der Waals surface area contributed by atoms with Crippen LogP contribution in [0.2, 0.25) is 0 Å². The van der Waals surface area contributed by atoms with Gasteiger partial charge in [-0.1, -0.05) is 30.3 Å². The zero-order valence-electron chi connectivity index (χ0n) is 17.1. The highest BCUT2D eigenvalue weighted by molar-refractivity contribution is 5.80. The van der Waals surface area contributed by atoms with Gasteiger partial charge in [-0.25, -0.2) is 4.98 Å². The lowest BCUT2D eigenvalue weighted by molar-refractivity contribution is -0.150. The zero-order valence-corrected chi connectivity index (χ0v) is 17.1. The number of carbonyl (C=O) groups is 2. The summed E-state index contributed by atoms with van der Waals surface area (Å²) < 4.78 is 6.62. The Morgan fingerprint density at radius 2 is 1.83 bits per heavy atom. The third kappa shape index (κ3) is 4.10. The van der Waals surface area contributed by atoms with E-state index in [0.717, 1.165) is 23.5 Å². The van der Waals surface area contributed by atoms with Gasteiger partial charge in [0.25, 0.3) is 11.7 Å². The van der Waals surface area contributed by atoms with Crippen LogP contribution in [0.3, 0.4) is 0 Å². The Bertz CT molecular complexity index is 1060. The molecule has 1 amide bonds. The van der Waals surface area contributed by atoms with Crippen LogP contribution in [0.5, 0.6) is 0 Å². The van der Waals surface area contributed by atoms with Crippen LogP contribution in [0.25, 0.3) is 5.78 Å². The number of esters is 1. The average Bonchev–Trinajstić information content (AvgIpc) is 3.21. The molecule has 0 saturated carbocycles. The molecule has 4 rings (SSSR count). The largest absolute Gasteiger partial charge is 0.456 e. The monoisotopic (exact) mass is 408 g/mol. The van der Waals surface area contributed by atoms with Gasteiger partial charge in [0.1, 0.15) is 12.1 Å². The average molecular weight is 408 g/mol. The summed E-state index contributed by atoms with van der Waals surface area (Å²) >= 11 is 0. The molecule has 0 unspecified atom stereocenters. The van der Waals surface area contributed by atoms with Crippen molar-refractivity contribution in [3.05, 3.63) is 53.5 Å². The number of ether oxygens (including phenoxy) is 1. The summed E-state index contributed by atoms with van der Waals surface area (Å²) in [6.45, 7) is 5.46. The molecule has 3 aromatic rings. The third-order valence-corrected chi connectivity index (χ3v) is 5.26. The van der Waals surface area contributed by atoms with E-state index in [0.29, 0.717) is 32.0 Å². The van der Waals surface area contributed by atoms with Gasteiger partial charge in [0.15, 0.2) is 6.61 Å². The van der Waals surface area contributed by atoms with Crippen molar-refractivity contribution in [1.29, 1.82) is 0 Å². The van der Waals surface area contributed by atoms with Gasteiger partial charge < -0.3 is 14.5 Å². The number of amides is 1. The van der Waals surface area contributed by atoms with Crippen LogP contribution >= 0.6 is 0 Å². The first-order chi connectivity index (χ1) is 14.5. The van der Waals surface area contributed by atoms with Crippen LogP contribution in [0.4, 0.5) is 5.82 Å². The van der Waals surface area contributed by atoms with Gasteiger partial charge >= 0.3 is 5.97 Å². The van der Waals surface area contributed by atoms with Crippen molar-refractivity contribution >= 4 is 23.5 Å². The smallest absolute Gasteiger partial charge is 0.303 e. The summed E-state index contributed by atoms with van der Waals surface area (Å²) in [5.41, 5.74) is 3.21. The molecule has 30 heavy (non-hydrogen) atoms. The second kappa shape index (κ2) is 8.48. The number of aromatic nitrogens is 4. The zero-order chi connectivity index (χ0) is 21.1. The van der Waals surface area contributed by atoms with Gasteiger partial charge in [-0.2, -0.15) is 14.6 Å². The molecule has 0 bridgehead atoms. The minimum atomic E-state index is -0.451. The molecule has 9 heteroatoms. The molecule has 1 aliphatic rings. The Morgan fingerprint density at radius 1 is 1.10 bits per heavy atom. The number of fused-ring (bicyclic) bond motifs is 1. The fourth-order valence-corrected chi connectivity index (χ4v) is 3.72. The van der Waals surface area contributed by atoms with Gasteiger partial charge in [0.2, 0.25) is 0 Å². The fourth-order valence-electron chi connectivity index (χ4n) is 3.72. The maximum atomic E-state index is 12.3. The second-order valence-corrected chi connectivity index (χ2v) is 7.28. The van der Waals surface area contributed by atoms with Crippen molar-refractivity contribution in [2.75, 3.05) is 37.7 Å². The highest BCUT2D eigenvalue weighted by Crippen LogP contribution is 2.27. The Labute approximate surface area is 174 Å². The van der Waals surface area contributed by atoms with E-state index in [-0.39, 0.29) is 12.5 Å². The van der Waals surface area contributed by atoms with Crippen LogP contribution in [0.15, 0.2) is 36.7 Å². The number of hydrogen-bond acceptors (Lipinski definition) is 7. The Balaban J connectivity index is 1.59. The third-order valence-electron chi connectivity index (χ3n) is 5.26. The lowest BCUT2D eigenvalue weighted by Gasteiger charge is -2.36. The summed E-state index contributed by atoms with van der Waals surface area (Å²) in [5, 5.41) is 4.40. The van der Waals surface area contributed by atoms with Crippen molar-refractivity contribution in [1.82, 2.24) is 24.5 Å². The lowest BCUT2D eigenvalue weighted by Crippen LogP contribution is -2.50. The summed E-state index contributed by atoms with van der Waals surface area (Å²) in [7, 11) is 0. The van der Waals surface area contributed by atoms with Crippen LogP contribution in [-0.4, -0.2) is 69.1 Å². The van der Waals surface area contributed by atoms with E-state index in [4.69, 9.17) is 4.74 Å². The van der Waals surface area contributed by atoms with Crippen LogP contribution in [0, 0.1) is 6.92 Å².